The molecule has 1 atom stereocenters. The van der Waals surface area contributed by atoms with E-state index in [2.05, 4.69) is 19.2 Å². The van der Waals surface area contributed by atoms with E-state index in [9.17, 15) is 4.79 Å². The fourth-order valence-corrected chi connectivity index (χ4v) is 2.18. The second kappa shape index (κ2) is 7.21. The number of carbonyl (C=O) groups excluding carboxylic acids is 1. The number of nitrogens with one attached hydrogen (secondary N) is 1. The quantitative estimate of drug-likeness (QED) is 0.782. The van der Waals surface area contributed by atoms with Gasteiger partial charge < -0.3 is 15.5 Å². The van der Waals surface area contributed by atoms with E-state index in [0.717, 1.165) is 18.6 Å². The van der Waals surface area contributed by atoms with Crippen LogP contribution in [0.15, 0.2) is 16.7 Å². The average Bonchev–Trinajstić information content (AvgIpc) is 2.85. The van der Waals surface area contributed by atoms with Crippen molar-refractivity contribution in [1.82, 2.24) is 5.32 Å². The number of rotatable bonds is 7. The van der Waals surface area contributed by atoms with Gasteiger partial charge >= 0.3 is 0 Å². The monoisotopic (exact) mass is 252 g/mol. The van der Waals surface area contributed by atoms with Gasteiger partial charge in [-0.25, -0.2) is 0 Å². The van der Waals surface area contributed by atoms with Crippen LogP contribution >= 0.6 is 0 Å². The Morgan fingerprint density at radius 2 is 2.06 bits per heavy atom. The normalized spacial score (nSPS) is 12.7. The molecule has 0 bridgehead atoms. The molecule has 0 saturated heterocycles. The lowest BCUT2D eigenvalue weighted by atomic mass is 9.95. The summed E-state index contributed by atoms with van der Waals surface area (Å²) in [7, 11) is 0. The second-order valence-corrected chi connectivity index (χ2v) is 4.56. The SMILES string of the molecule is CCc1occc1C(=O)NCC(N)C(CC)CC. The lowest BCUT2D eigenvalue weighted by Crippen LogP contribution is -2.41. The largest absolute Gasteiger partial charge is 0.469 e. The van der Waals surface area contributed by atoms with Crippen molar-refractivity contribution >= 4 is 5.91 Å². The molecule has 0 spiro atoms. The Kier molecular flexibility index (Phi) is 5.92. The molecule has 0 aliphatic rings. The zero-order valence-electron chi connectivity index (χ0n) is 11.5. The van der Waals surface area contributed by atoms with Crippen molar-refractivity contribution in [3.8, 4) is 0 Å². The van der Waals surface area contributed by atoms with Gasteiger partial charge in [0.15, 0.2) is 0 Å². The predicted molar refractivity (Wildman–Crippen MR) is 72.5 cm³/mol. The van der Waals surface area contributed by atoms with E-state index >= 15 is 0 Å². The van der Waals surface area contributed by atoms with Crippen LogP contribution in [0, 0.1) is 5.92 Å². The molecule has 1 amide bonds. The number of furan rings is 1. The first-order chi connectivity index (χ1) is 8.63. The van der Waals surface area contributed by atoms with E-state index in [0.29, 0.717) is 24.4 Å². The van der Waals surface area contributed by atoms with Gasteiger partial charge in [0.2, 0.25) is 0 Å². The number of nitrogens with two attached hydrogens (primary N) is 1. The van der Waals surface area contributed by atoms with Crippen molar-refractivity contribution in [2.45, 2.75) is 46.1 Å². The van der Waals surface area contributed by atoms with Crippen LogP contribution in [-0.4, -0.2) is 18.5 Å². The minimum Gasteiger partial charge on any atom is -0.469 e. The van der Waals surface area contributed by atoms with Crippen LogP contribution in [0.5, 0.6) is 0 Å². The Hall–Kier alpha value is -1.29. The zero-order valence-corrected chi connectivity index (χ0v) is 11.5. The summed E-state index contributed by atoms with van der Waals surface area (Å²) in [5.74, 6) is 1.09. The van der Waals surface area contributed by atoms with Crippen LogP contribution in [0.1, 0.15) is 49.7 Å². The van der Waals surface area contributed by atoms with Crippen LogP contribution in [0.2, 0.25) is 0 Å². The molecule has 0 aliphatic carbocycles. The van der Waals surface area contributed by atoms with Gasteiger partial charge in [0.1, 0.15) is 5.76 Å². The van der Waals surface area contributed by atoms with Crippen molar-refractivity contribution in [2.75, 3.05) is 6.54 Å². The van der Waals surface area contributed by atoms with Gasteiger partial charge in [-0.2, -0.15) is 0 Å². The summed E-state index contributed by atoms with van der Waals surface area (Å²) in [5, 5.41) is 2.88. The van der Waals surface area contributed by atoms with Crippen LogP contribution in [0.3, 0.4) is 0 Å². The summed E-state index contributed by atoms with van der Waals surface area (Å²) in [6, 6.07) is 1.72. The van der Waals surface area contributed by atoms with Crippen molar-refractivity contribution in [1.29, 1.82) is 0 Å². The lowest BCUT2D eigenvalue weighted by Gasteiger charge is -2.21. The first-order valence-electron chi connectivity index (χ1n) is 6.74. The molecule has 0 radical (unpaired) electrons. The number of hydrogen-bond acceptors (Lipinski definition) is 3. The molecule has 1 aromatic rings. The van der Waals surface area contributed by atoms with Crippen LogP contribution in [0.4, 0.5) is 0 Å². The van der Waals surface area contributed by atoms with Gasteiger partial charge in [0.25, 0.3) is 5.91 Å². The molecule has 1 rings (SSSR count). The maximum atomic E-state index is 12.0. The number of aryl methyl sites for hydroxylation is 1. The Morgan fingerprint density at radius 1 is 1.39 bits per heavy atom. The van der Waals surface area contributed by atoms with Crippen molar-refractivity contribution in [2.24, 2.45) is 11.7 Å². The van der Waals surface area contributed by atoms with E-state index < -0.39 is 0 Å². The molecule has 1 heterocycles. The highest BCUT2D eigenvalue weighted by Crippen LogP contribution is 2.12. The van der Waals surface area contributed by atoms with Crippen LogP contribution in [-0.2, 0) is 6.42 Å². The first kappa shape index (κ1) is 14.8. The third-order valence-electron chi connectivity index (χ3n) is 3.46. The van der Waals surface area contributed by atoms with Gasteiger partial charge in [-0.15, -0.1) is 0 Å². The molecular formula is C14H24N2O2. The van der Waals surface area contributed by atoms with Gasteiger partial charge in [0, 0.05) is 19.0 Å². The highest BCUT2D eigenvalue weighted by Gasteiger charge is 2.17. The van der Waals surface area contributed by atoms with Gasteiger partial charge in [-0.1, -0.05) is 33.6 Å². The number of hydrogen-bond donors (Lipinski definition) is 2. The van der Waals surface area contributed by atoms with Crippen molar-refractivity contribution in [3.05, 3.63) is 23.7 Å². The summed E-state index contributed by atoms with van der Waals surface area (Å²) in [6.45, 7) is 6.73. The molecule has 4 nitrogen and oxygen atoms in total. The maximum absolute atomic E-state index is 12.0. The fraction of sp³-hybridized carbons (Fsp3) is 0.643. The third-order valence-corrected chi connectivity index (χ3v) is 3.46. The van der Waals surface area contributed by atoms with E-state index in [1.54, 1.807) is 12.3 Å². The highest BCUT2D eigenvalue weighted by molar-refractivity contribution is 5.95. The maximum Gasteiger partial charge on any atom is 0.254 e. The van der Waals surface area contributed by atoms with Crippen LogP contribution in [0.25, 0.3) is 0 Å². The number of carbonyl (C=O) groups is 1. The highest BCUT2D eigenvalue weighted by atomic mass is 16.3. The second-order valence-electron chi connectivity index (χ2n) is 4.56. The Morgan fingerprint density at radius 3 is 2.61 bits per heavy atom. The molecule has 102 valence electrons. The molecule has 1 unspecified atom stereocenters. The van der Waals surface area contributed by atoms with Crippen molar-refractivity contribution in [3.63, 3.8) is 0 Å². The molecule has 18 heavy (non-hydrogen) atoms. The summed E-state index contributed by atoms with van der Waals surface area (Å²) in [5.41, 5.74) is 6.69. The smallest absolute Gasteiger partial charge is 0.254 e. The predicted octanol–water partition coefficient (Wildman–Crippen LogP) is 2.34. The van der Waals surface area contributed by atoms with E-state index in [-0.39, 0.29) is 11.9 Å². The summed E-state index contributed by atoms with van der Waals surface area (Å²) < 4.78 is 5.24. The van der Waals surface area contributed by atoms with E-state index in [1.807, 2.05) is 6.92 Å². The zero-order chi connectivity index (χ0) is 13.5. The Labute approximate surface area is 109 Å². The van der Waals surface area contributed by atoms with Crippen molar-refractivity contribution < 1.29 is 9.21 Å². The molecule has 0 aromatic carbocycles. The van der Waals surface area contributed by atoms with Gasteiger partial charge in [0.05, 0.1) is 11.8 Å². The first-order valence-corrected chi connectivity index (χ1v) is 6.74. The van der Waals surface area contributed by atoms with E-state index in [4.69, 9.17) is 10.2 Å². The van der Waals surface area contributed by atoms with Gasteiger partial charge in [-0.3, -0.25) is 4.79 Å². The molecule has 4 heteroatoms. The van der Waals surface area contributed by atoms with Crippen LogP contribution < -0.4 is 11.1 Å². The number of amides is 1. The average molecular weight is 252 g/mol. The Bertz CT molecular complexity index is 370. The molecule has 1 aromatic heterocycles. The molecule has 0 fully saturated rings. The molecule has 0 saturated carbocycles. The fourth-order valence-electron chi connectivity index (χ4n) is 2.18. The summed E-state index contributed by atoms with van der Waals surface area (Å²) in [4.78, 5) is 12.0. The summed E-state index contributed by atoms with van der Waals surface area (Å²) >= 11 is 0. The van der Waals surface area contributed by atoms with E-state index in [1.165, 1.54) is 0 Å². The van der Waals surface area contributed by atoms with Gasteiger partial charge in [-0.05, 0) is 12.0 Å². The topological polar surface area (TPSA) is 68.3 Å². The molecular weight excluding hydrogens is 228 g/mol. The third kappa shape index (κ3) is 3.60. The molecule has 3 N–H and O–H groups in total. The summed E-state index contributed by atoms with van der Waals surface area (Å²) in [6.07, 6.45) is 4.35. The minimum atomic E-state index is -0.0954. The standard InChI is InChI=1S/C14H24N2O2/c1-4-10(5-2)12(15)9-16-14(17)11-7-8-18-13(11)6-3/h7-8,10,12H,4-6,9,15H2,1-3H3,(H,16,17). The lowest BCUT2D eigenvalue weighted by molar-refractivity contribution is 0.0946. The molecule has 0 aliphatic heterocycles. The Balaban J connectivity index is 2.51. The minimum absolute atomic E-state index is 0.0147.